The monoisotopic (exact) mass is 449 g/mol. The SMILES string of the molecule is CCn1nc(C)cc1-c1n[nH]c(-c2cc(C(N)=O)cc3c2cnn3CCN2CCOCC2)n1. The van der Waals surface area contributed by atoms with E-state index >= 15 is 0 Å². The van der Waals surface area contributed by atoms with Crippen LogP contribution in [0.2, 0.25) is 0 Å². The third-order valence-electron chi connectivity index (χ3n) is 5.95. The van der Waals surface area contributed by atoms with E-state index in [1.807, 2.05) is 29.3 Å². The molecule has 3 N–H and O–H groups in total. The predicted molar refractivity (Wildman–Crippen MR) is 123 cm³/mol. The first-order valence-corrected chi connectivity index (χ1v) is 11.1. The molecule has 0 atom stereocenters. The molecular formula is C22H27N9O2. The number of aryl methyl sites for hydroxylation is 2. The number of primary amides is 1. The summed E-state index contributed by atoms with van der Waals surface area (Å²) in [4.78, 5) is 19.1. The Morgan fingerprint density at radius 1 is 1.18 bits per heavy atom. The van der Waals surface area contributed by atoms with Gasteiger partial charge in [0, 0.05) is 42.7 Å². The van der Waals surface area contributed by atoms with E-state index in [0.717, 1.165) is 60.7 Å². The fraction of sp³-hybridized carbons (Fsp3) is 0.409. The van der Waals surface area contributed by atoms with Crippen LogP contribution in [0.5, 0.6) is 0 Å². The number of fused-ring (bicyclic) bond motifs is 1. The maximum Gasteiger partial charge on any atom is 0.248 e. The lowest BCUT2D eigenvalue weighted by molar-refractivity contribution is 0.0361. The third kappa shape index (κ3) is 4.12. The van der Waals surface area contributed by atoms with Crippen molar-refractivity contribution in [2.24, 2.45) is 5.73 Å². The number of amides is 1. The number of nitrogens with zero attached hydrogens (tertiary/aromatic N) is 7. The number of rotatable bonds is 7. The van der Waals surface area contributed by atoms with Gasteiger partial charge in [0.25, 0.3) is 0 Å². The van der Waals surface area contributed by atoms with Crippen LogP contribution in [0.25, 0.3) is 33.8 Å². The summed E-state index contributed by atoms with van der Waals surface area (Å²) in [5.41, 5.74) is 9.35. The lowest BCUT2D eigenvalue weighted by Crippen LogP contribution is -2.38. The zero-order valence-corrected chi connectivity index (χ0v) is 18.8. The first kappa shape index (κ1) is 21.3. The van der Waals surface area contributed by atoms with Crippen molar-refractivity contribution in [3.8, 4) is 22.9 Å². The van der Waals surface area contributed by atoms with Gasteiger partial charge >= 0.3 is 0 Å². The fourth-order valence-corrected chi connectivity index (χ4v) is 4.22. The van der Waals surface area contributed by atoms with E-state index in [2.05, 4.69) is 25.3 Å². The quantitative estimate of drug-likeness (QED) is 0.436. The summed E-state index contributed by atoms with van der Waals surface area (Å²) in [5, 5.41) is 17.4. The third-order valence-corrected chi connectivity index (χ3v) is 5.95. The van der Waals surface area contributed by atoms with Crippen molar-refractivity contribution < 1.29 is 9.53 Å². The van der Waals surface area contributed by atoms with Gasteiger partial charge in [-0.15, -0.1) is 0 Å². The number of carbonyl (C=O) groups excluding carboxylic acids is 1. The zero-order valence-electron chi connectivity index (χ0n) is 18.8. The van der Waals surface area contributed by atoms with Crippen LogP contribution in [0.1, 0.15) is 23.0 Å². The molecule has 0 bridgehead atoms. The van der Waals surface area contributed by atoms with E-state index in [-0.39, 0.29) is 0 Å². The fourth-order valence-electron chi connectivity index (χ4n) is 4.22. The van der Waals surface area contributed by atoms with Gasteiger partial charge in [0.05, 0.1) is 37.2 Å². The van der Waals surface area contributed by atoms with Gasteiger partial charge in [-0.25, -0.2) is 4.98 Å². The van der Waals surface area contributed by atoms with E-state index in [1.165, 1.54) is 0 Å². The Morgan fingerprint density at radius 2 is 2.00 bits per heavy atom. The van der Waals surface area contributed by atoms with E-state index in [1.54, 1.807) is 18.3 Å². The van der Waals surface area contributed by atoms with Crippen LogP contribution >= 0.6 is 0 Å². The molecule has 0 aliphatic carbocycles. The summed E-state index contributed by atoms with van der Waals surface area (Å²) in [6.45, 7) is 9.54. The van der Waals surface area contributed by atoms with Crippen molar-refractivity contribution in [3.05, 3.63) is 35.7 Å². The lowest BCUT2D eigenvalue weighted by Gasteiger charge is -2.26. The molecule has 1 aromatic carbocycles. The molecule has 1 aliphatic rings. The minimum absolute atomic E-state index is 0.401. The normalized spacial score (nSPS) is 14.8. The van der Waals surface area contributed by atoms with E-state index in [0.29, 0.717) is 30.3 Å². The second-order valence-corrected chi connectivity index (χ2v) is 8.14. The topological polar surface area (TPSA) is 133 Å². The maximum atomic E-state index is 12.1. The number of benzene rings is 1. The highest BCUT2D eigenvalue weighted by atomic mass is 16.5. The minimum Gasteiger partial charge on any atom is -0.379 e. The number of H-pyrrole nitrogens is 1. The summed E-state index contributed by atoms with van der Waals surface area (Å²) in [6.07, 6.45) is 1.80. The minimum atomic E-state index is -0.501. The molecule has 4 heterocycles. The second-order valence-electron chi connectivity index (χ2n) is 8.14. The van der Waals surface area contributed by atoms with Gasteiger partial charge in [-0.3, -0.25) is 24.2 Å². The van der Waals surface area contributed by atoms with Crippen LogP contribution in [-0.4, -0.2) is 78.4 Å². The van der Waals surface area contributed by atoms with Crippen molar-refractivity contribution in [1.29, 1.82) is 0 Å². The van der Waals surface area contributed by atoms with Gasteiger partial charge < -0.3 is 10.5 Å². The molecule has 172 valence electrons. The molecule has 33 heavy (non-hydrogen) atoms. The molecule has 1 fully saturated rings. The zero-order chi connectivity index (χ0) is 22.9. The Morgan fingerprint density at radius 3 is 2.76 bits per heavy atom. The molecule has 1 aliphatic heterocycles. The Kier molecular flexibility index (Phi) is 5.65. The summed E-state index contributed by atoms with van der Waals surface area (Å²) < 4.78 is 9.20. The van der Waals surface area contributed by atoms with Gasteiger partial charge in [-0.1, -0.05) is 0 Å². The number of ether oxygens (including phenoxy) is 1. The van der Waals surface area contributed by atoms with Gasteiger partial charge in [-0.05, 0) is 32.0 Å². The molecule has 0 spiro atoms. The number of nitrogens with one attached hydrogen (secondary N) is 1. The van der Waals surface area contributed by atoms with Crippen molar-refractivity contribution in [2.75, 3.05) is 32.8 Å². The Labute approximate surface area is 190 Å². The van der Waals surface area contributed by atoms with Gasteiger partial charge in [-0.2, -0.15) is 15.3 Å². The molecule has 1 saturated heterocycles. The highest BCUT2D eigenvalue weighted by Crippen LogP contribution is 2.29. The van der Waals surface area contributed by atoms with Gasteiger partial charge in [0.2, 0.25) is 5.91 Å². The predicted octanol–water partition coefficient (Wildman–Crippen LogP) is 1.44. The summed E-state index contributed by atoms with van der Waals surface area (Å²) >= 11 is 0. The van der Waals surface area contributed by atoms with Crippen LogP contribution in [0, 0.1) is 6.92 Å². The van der Waals surface area contributed by atoms with Crippen molar-refractivity contribution in [3.63, 3.8) is 0 Å². The standard InChI is InChI=1S/C22H27N9O2/c1-3-30-19(10-14(2)28-30)22-25-21(26-27-22)16-11-15(20(23)32)12-18-17(16)13-24-31(18)5-4-29-6-8-33-9-7-29/h10-13H,3-9H2,1-2H3,(H2,23,32)(H,25,26,27). The smallest absolute Gasteiger partial charge is 0.248 e. The van der Waals surface area contributed by atoms with Crippen LogP contribution < -0.4 is 5.73 Å². The highest BCUT2D eigenvalue weighted by Gasteiger charge is 2.19. The number of morpholine rings is 1. The first-order chi connectivity index (χ1) is 16.0. The maximum absolute atomic E-state index is 12.1. The lowest BCUT2D eigenvalue weighted by atomic mass is 10.0. The van der Waals surface area contributed by atoms with Crippen LogP contribution in [-0.2, 0) is 17.8 Å². The van der Waals surface area contributed by atoms with E-state index in [4.69, 9.17) is 15.5 Å². The Hall–Kier alpha value is -3.57. The van der Waals surface area contributed by atoms with Crippen LogP contribution in [0.4, 0.5) is 0 Å². The van der Waals surface area contributed by atoms with E-state index < -0.39 is 5.91 Å². The molecule has 0 radical (unpaired) electrons. The Balaban J connectivity index is 1.52. The molecule has 3 aromatic heterocycles. The molecule has 11 nitrogen and oxygen atoms in total. The number of hydrogen-bond donors (Lipinski definition) is 2. The number of carbonyl (C=O) groups is 1. The molecule has 1 amide bonds. The largest absolute Gasteiger partial charge is 0.379 e. The van der Waals surface area contributed by atoms with Crippen molar-refractivity contribution >= 4 is 16.8 Å². The van der Waals surface area contributed by atoms with Gasteiger partial charge in [0.15, 0.2) is 11.6 Å². The Bertz CT molecular complexity index is 1300. The number of nitrogens with two attached hydrogens (primary N) is 1. The molecule has 5 rings (SSSR count). The number of hydrogen-bond acceptors (Lipinski definition) is 7. The van der Waals surface area contributed by atoms with Crippen molar-refractivity contribution in [2.45, 2.75) is 26.9 Å². The van der Waals surface area contributed by atoms with E-state index in [9.17, 15) is 4.79 Å². The molecule has 11 heteroatoms. The summed E-state index contributed by atoms with van der Waals surface area (Å²) in [7, 11) is 0. The number of aromatic nitrogens is 7. The molecule has 4 aromatic rings. The molecule has 0 unspecified atom stereocenters. The summed E-state index contributed by atoms with van der Waals surface area (Å²) in [5.74, 6) is 0.593. The average molecular weight is 450 g/mol. The average Bonchev–Trinajstić information content (AvgIpc) is 3.55. The molecular weight excluding hydrogens is 422 g/mol. The van der Waals surface area contributed by atoms with Crippen LogP contribution in [0.3, 0.4) is 0 Å². The number of aromatic amines is 1. The highest BCUT2D eigenvalue weighted by molar-refractivity contribution is 6.02. The van der Waals surface area contributed by atoms with Crippen LogP contribution in [0.15, 0.2) is 24.4 Å². The second kappa shape index (κ2) is 8.75. The molecule has 0 saturated carbocycles. The summed E-state index contributed by atoms with van der Waals surface area (Å²) in [6, 6.07) is 5.49. The van der Waals surface area contributed by atoms with Crippen molar-refractivity contribution in [1.82, 2.24) is 39.6 Å². The first-order valence-electron chi connectivity index (χ1n) is 11.1. The van der Waals surface area contributed by atoms with Gasteiger partial charge in [0.1, 0.15) is 5.69 Å².